The maximum Gasteiger partial charge on any atom is 0.251 e. The maximum atomic E-state index is 12.0. The third-order valence-corrected chi connectivity index (χ3v) is 4.15. The van der Waals surface area contributed by atoms with Gasteiger partial charge >= 0.3 is 0 Å². The van der Waals surface area contributed by atoms with Crippen molar-refractivity contribution in [3.05, 3.63) is 22.8 Å². The molecule has 1 aliphatic carbocycles. The second-order valence-corrected chi connectivity index (χ2v) is 6.17. The minimum Gasteiger partial charge on any atom is -0.384 e. The number of pyridine rings is 1. The van der Waals surface area contributed by atoms with Gasteiger partial charge in [0.2, 0.25) is 0 Å². The largest absolute Gasteiger partial charge is 0.384 e. The van der Waals surface area contributed by atoms with E-state index in [1.807, 2.05) is 0 Å². The molecule has 1 fully saturated rings. The molecule has 3 N–H and O–H groups in total. The molecule has 2 atom stereocenters. The molecule has 1 aromatic rings. The molecule has 1 saturated carbocycles. The number of anilines is 1. The molecule has 0 bridgehead atoms. The lowest BCUT2D eigenvalue weighted by Crippen LogP contribution is -2.27. The van der Waals surface area contributed by atoms with Crippen LogP contribution in [0.3, 0.4) is 0 Å². The zero-order chi connectivity index (χ0) is 14.5. The third kappa shape index (κ3) is 4.37. The van der Waals surface area contributed by atoms with E-state index in [9.17, 15) is 4.79 Å². The van der Waals surface area contributed by atoms with E-state index in [4.69, 9.17) is 17.3 Å². The number of rotatable bonds is 4. The molecule has 5 heteroatoms. The molecule has 2 unspecified atom stereocenters. The number of hydrogen-bond acceptors (Lipinski definition) is 3. The summed E-state index contributed by atoms with van der Waals surface area (Å²) < 4.78 is 0. The van der Waals surface area contributed by atoms with Crippen LogP contribution < -0.4 is 11.1 Å². The second-order valence-electron chi connectivity index (χ2n) is 5.79. The van der Waals surface area contributed by atoms with Crippen LogP contribution in [0.25, 0.3) is 0 Å². The Morgan fingerprint density at radius 2 is 2.30 bits per heavy atom. The lowest BCUT2D eigenvalue weighted by Gasteiger charge is -2.26. The first-order valence-electron chi connectivity index (χ1n) is 7.26. The first kappa shape index (κ1) is 15.1. The summed E-state index contributed by atoms with van der Waals surface area (Å²) in [5, 5.41) is 3.18. The van der Waals surface area contributed by atoms with E-state index in [0.717, 1.165) is 18.3 Å². The van der Waals surface area contributed by atoms with Crippen LogP contribution in [0, 0.1) is 11.8 Å². The molecule has 0 aromatic carbocycles. The molecule has 0 radical (unpaired) electrons. The van der Waals surface area contributed by atoms with Gasteiger partial charge in [-0.3, -0.25) is 4.79 Å². The molecule has 110 valence electrons. The van der Waals surface area contributed by atoms with E-state index < -0.39 is 0 Å². The Morgan fingerprint density at radius 1 is 1.50 bits per heavy atom. The van der Waals surface area contributed by atoms with Crippen molar-refractivity contribution in [2.45, 2.75) is 39.0 Å². The Hall–Kier alpha value is -1.29. The second kappa shape index (κ2) is 6.93. The highest BCUT2D eigenvalue weighted by Gasteiger charge is 2.18. The van der Waals surface area contributed by atoms with Gasteiger partial charge in [-0.1, -0.05) is 37.8 Å². The van der Waals surface area contributed by atoms with Crippen LogP contribution in [-0.2, 0) is 0 Å². The van der Waals surface area contributed by atoms with E-state index in [1.54, 1.807) is 6.07 Å². The molecule has 2 rings (SSSR count). The molecule has 0 saturated heterocycles. The van der Waals surface area contributed by atoms with Gasteiger partial charge in [0.1, 0.15) is 11.0 Å². The summed E-state index contributed by atoms with van der Waals surface area (Å²) >= 11 is 5.79. The van der Waals surface area contributed by atoms with E-state index in [0.29, 0.717) is 12.1 Å². The first-order valence-corrected chi connectivity index (χ1v) is 7.63. The SMILES string of the molecule is CC1CCCC(CCNC(=O)c2cc(N)nc(Cl)c2)C1. The molecule has 1 aromatic heterocycles. The molecule has 4 nitrogen and oxygen atoms in total. The maximum absolute atomic E-state index is 12.0. The standard InChI is InChI=1S/C15H22ClN3O/c1-10-3-2-4-11(7-10)5-6-18-15(20)12-8-13(16)19-14(17)9-12/h8-11H,2-7H2,1H3,(H2,17,19)(H,18,20). The van der Waals surface area contributed by atoms with Crippen LogP contribution in [0.15, 0.2) is 12.1 Å². The van der Waals surface area contributed by atoms with Crippen molar-refractivity contribution in [3.63, 3.8) is 0 Å². The van der Waals surface area contributed by atoms with Crippen LogP contribution in [0.4, 0.5) is 5.82 Å². The van der Waals surface area contributed by atoms with Crippen molar-refractivity contribution in [2.24, 2.45) is 11.8 Å². The summed E-state index contributed by atoms with van der Waals surface area (Å²) in [5.41, 5.74) is 6.05. The number of carbonyl (C=O) groups excluding carboxylic acids is 1. The number of nitrogen functional groups attached to an aromatic ring is 1. The quantitative estimate of drug-likeness (QED) is 0.838. The van der Waals surface area contributed by atoms with Gasteiger partial charge in [0.05, 0.1) is 0 Å². The van der Waals surface area contributed by atoms with Crippen LogP contribution in [0.1, 0.15) is 49.4 Å². The van der Waals surface area contributed by atoms with Gasteiger partial charge in [-0.2, -0.15) is 0 Å². The molecule has 1 aliphatic rings. The van der Waals surface area contributed by atoms with Crippen molar-refractivity contribution >= 4 is 23.3 Å². The van der Waals surface area contributed by atoms with Gasteiger partial charge in [0.25, 0.3) is 5.91 Å². The van der Waals surface area contributed by atoms with Crippen molar-refractivity contribution in [3.8, 4) is 0 Å². The molecule has 1 heterocycles. The Bertz CT molecular complexity index is 458. The highest BCUT2D eigenvalue weighted by molar-refractivity contribution is 6.29. The predicted molar refractivity (Wildman–Crippen MR) is 81.7 cm³/mol. The molecule has 0 spiro atoms. The highest BCUT2D eigenvalue weighted by atomic mass is 35.5. The van der Waals surface area contributed by atoms with Crippen molar-refractivity contribution < 1.29 is 4.79 Å². The fraction of sp³-hybridized carbons (Fsp3) is 0.600. The summed E-state index contributed by atoms with van der Waals surface area (Å²) in [7, 11) is 0. The molecular formula is C15H22ClN3O. The van der Waals surface area contributed by atoms with Gasteiger partial charge in [-0.15, -0.1) is 0 Å². The number of carbonyl (C=O) groups is 1. The van der Waals surface area contributed by atoms with Crippen LogP contribution in [0.5, 0.6) is 0 Å². The Morgan fingerprint density at radius 3 is 3.00 bits per heavy atom. The van der Waals surface area contributed by atoms with Gasteiger partial charge in [0, 0.05) is 12.1 Å². The summed E-state index contributed by atoms with van der Waals surface area (Å²) in [6.07, 6.45) is 6.27. The fourth-order valence-corrected chi connectivity index (χ4v) is 3.18. The summed E-state index contributed by atoms with van der Waals surface area (Å²) in [6.45, 7) is 3.02. The zero-order valence-corrected chi connectivity index (χ0v) is 12.6. The van der Waals surface area contributed by atoms with Gasteiger partial charge < -0.3 is 11.1 Å². The fourth-order valence-electron chi connectivity index (χ4n) is 2.96. The van der Waals surface area contributed by atoms with Crippen LogP contribution in [-0.4, -0.2) is 17.4 Å². The van der Waals surface area contributed by atoms with E-state index in [2.05, 4.69) is 17.2 Å². The number of nitrogens with one attached hydrogen (secondary N) is 1. The summed E-state index contributed by atoms with van der Waals surface area (Å²) in [5.74, 6) is 1.70. The summed E-state index contributed by atoms with van der Waals surface area (Å²) in [6, 6.07) is 3.08. The number of nitrogens with zero attached hydrogens (tertiary/aromatic N) is 1. The smallest absolute Gasteiger partial charge is 0.251 e. The minimum absolute atomic E-state index is 0.134. The molecular weight excluding hydrogens is 274 g/mol. The van der Waals surface area contributed by atoms with Crippen LogP contribution >= 0.6 is 11.6 Å². The normalized spacial score (nSPS) is 22.5. The van der Waals surface area contributed by atoms with Crippen molar-refractivity contribution in [1.29, 1.82) is 0 Å². The molecule has 20 heavy (non-hydrogen) atoms. The Labute approximate surface area is 125 Å². The average molecular weight is 296 g/mol. The number of halogens is 1. The molecule has 1 amide bonds. The van der Waals surface area contributed by atoms with Crippen molar-refractivity contribution in [1.82, 2.24) is 10.3 Å². The Balaban J connectivity index is 1.80. The number of nitrogens with two attached hydrogens (primary N) is 1. The van der Waals surface area contributed by atoms with E-state index >= 15 is 0 Å². The van der Waals surface area contributed by atoms with Gasteiger partial charge in [-0.05, 0) is 36.8 Å². The summed E-state index contributed by atoms with van der Waals surface area (Å²) in [4.78, 5) is 15.8. The minimum atomic E-state index is -0.134. The lowest BCUT2D eigenvalue weighted by atomic mass is 9.81. The average Bonchev–Trinajstić information content (AvgIpc) is 2.37. The zero-order valence-electron chi connectivity index (χ0n) is 11.9. The monoisotopic (exact) mass is 295 g/mol. The van der Waals surface area contributed by atoms with Gasteiger partial charge in [-0.25, -0.2) is 4.98 Å². The Kier molecular flexibility index (Phi) is 5.24. The first-order chi connectivity index (χ1) is 9.54. The third-order valence-electron chi connectivity index (χ3n) is 3.96. The predicted octanol–water partition coefficient (Wildman–Crippen LogP) is 3.26. The van der Waals surface area contributed by atoms with Gasteiger partial charge in [0.15, 0.2) is 0 Å². The van der Waals surface area contributed by atoms with Crippen molar-refractivity contribution in [2.75, 3.05) is 12.3 Å². The molecule has 0 aliphatic heterocycles. The number of aromatic nitrogens is 1. The number of hydrogen-bond donors (Lipinski definition) is 2. The highest BCUT2D eigenvalue weighted by Crippen LogP contribution is 2.30. The van der Waals surface area contributed by atoms with E-state index in [1.165, 1.54) is 31.7 Å². The topological polar surface area (TPSA) is 68.0 Å². The number of amides is 1. The lowest BCUT2D eigenvalue weighted by molar-refractivity contribution is 0.0949. The van der Waals surface area contributed by atoms with E-state index in [-0.39, 0.29) is 16.9 Å². The van der Waals surface area contributed by atoms with Crippen LogP contribution in [0.2, 0.25) is 5.15 Å².